The fraction of sp³-hybridized carbons (Fsp3) is 0.632. The SMILES string of the molecule is C[C@@H]1C[C@H](C)CN(C[C@H](C)NC(=O)[C@](C)(O)c2cccc(F)c2)C1. The molecule has 0 radical (unpaired) electrons. The van der Waals surface area contributed by atoms with E-state index in [1.165, 1.54) is 31.5 Å². The molecule has 0 bridgehead atoms. The zero-order chi connectivity index (χ0) is 17.9. The molecule has 2 N–H and O–H groups in total. The van der Waals surface area contributed by atoms with Crippen LogP contribution in [0, 0.1) is 17.7 Å². The molecule has 4 nitrogen and oxygen atoms in total. The number of carbonyl (C=O) groups excluding carboxylic acids is 1. The number of amides is 1. The zero-order valence-corrected chi connectivity index (χ0v) is 15.1. The summed E-state index contributed by atoms with van der Waals surface area (Å²) in [5.41, 5.74) is -1.49. The van der Waals surface area contributed by atoms with Crippen LogP contribution in [0.3, 0.4) is 0 Å². The maximum absolute atomic E-state index is 13.4. The van der Waals surface area contributed by atoms with Gasteiger partial charge in [0.2, 0.25) is 0 Å². The minimum Gasteiger partial charge on any atom is -0.376 e. The van der Waals surface area contributed by atoms with Crippen LogP contribution >= 0.6 is 0 Å². The fourth-order valence-corrected chi connectivity index (χ4v) is 3.66. The number of halogens is 1. The van der Waals surface area contributed by atoms with Crippen molar-refractivity contribution in [2.45, 2.75) is 45.8 Å². The van der Waals surface area contributed by atoms with Gasteiger partial charge >= 0.3 is 0 Å². The van der Waals surface area contributed by atoms with Gasteiger partial charge in [-0.15, -0.1) is 0 Å². The summed E-state index contributed by atoms with van der Waals surface area (Å²) in [5, 5.41) is 13.4. The third-order valence-electron chi connectivity index (χ3n) is 4.68. The summed E-state index contributed by atoms with van der Waals surface area (Å²) >= 11 is 0. The first kappa shape index (κ1) is 18.9. The van der Waals surface area contributed by atoms with Crippen LogP contribution in [0.15, 0.2) is 24.3 Å². The Bertz CT molecular complexity index is 566. The van der Waals surface area contributed by atoms with Gasteiger partial charge in [-0.3, -0.25) is 4.79 Å². The van der Waals surface area contributed by atoms with Crippen LogP contribution in [0.25, 0.3) is 0 Å². The summed E-state index contributed by atoms with van der Waals surface area (Å²) in [7, 11) is 0. The van der Waals surface area contributed by atoms with Crippen molar-refractivity contribution in [3.63, 3.8) is 0 Å². The van der Waals surface area contributed by atoms with Gasteiger partial charge in [0.1, 0.15) is 5.82 Å². The van der Waals surface area contributed by atoms with Crippen molar-refractivity contribution in [1.82, 2.24) is 10.2 Å². The van der Waals surface area contributed by atoms with E-state index < -0.39 is 17.3 Å². The van der Waals surface area contributed by atoms with Gasteiger partial charge in [0.15, 0.2) is 5.60 Å². The van der Waals surface area contributed by atoms with Crippen LogP contribution in [0.2, 0.25) is 0 Å². The average molecular weight is 336 g/mol. The highest BCUT2D eigenvalue weighted by atomic mass is 19.1. The van der Waals surface area contributed by atoms with E-state index in [0.29, 0.717) is 11.8 Å². The maximum Gasteiger partial charge on any atom is 0.256 e. The molecule has 134 valence electrons. The molecule has 1 heterocycles. The van der Waals surface area contributed by atoms with Crippen molar-refractivity contribution < 1.29 is 14.3 Å². The highest BCUT2D eigenvalue weighted by Gasteiger charge is 2.34. The molecule has 1 fully saturated rings. The Kier molecular flexibility index (Phi) is 5.99. The van der Waals surface area contributed by atoms with Crippen LogP contribution in [-0.2, 0) is 10.4 Å². The molecule has 1 aromatic rings. The molecule has 1 aliphatic heterocycles. The number of benzene rings is 1. The van der Waals surface area contributed by atoms with E-state index in [0.717, 1.165) is 19.6 Å². The largest absolute Gasteiger partial charge is 0.376 e. The minimum absolute atomic E-state index is 0.0879. The van der Waals surface area contributed by atoms with Gasteiger partial charge in [-0.1, -0.05) is 26.0 Å². The fourth-order valence-electron chi connectivity index (χ4n) is 3.66. The summed E-state index contributed by atoms with van der Waals surface area (Å²) in [6, 6.07) is 5.44. The third kappa shape index (κ3) is 4.77. The lowest BCUT2D eigenvalue weighted by Gasteiger charge is -2.37. The van der Waals surface area contributed by atoms with Gasteiger partial charge in [0.25, 0.3) is 5.91 Å². The number of aliphatic hydroxyl groups is 1. The second kappa shape index (κ2) is 7.62. The second-order valence-electron chi connectivity index (χ2n) is 7.62. The second-order valence-corrected chi connectivity index (χ2v) is 7.62. The van der Waals surface area contributed by atoms with Crippen LogP contribution < -0.4 is 5.32 Å². The van der Waals surface area contributed by atoms with Crippen LogP contribution in [0.5, 0.6) is 0 Å². The van der Waals surface area contributed by atoms with Gasteiger partial charge in [0.05, 0.1) is 0 Å². The number of piperidine rings is 1. The molecule has 0 saturated carbocycles. The third-order valence-corrected chi connectivity index (χ3v) is 4.68. The van der Waals surface area contributed by atoms with Gasteiger partial charge in [-0.25, -0.2) is 4.39 Å². The molecule has 0 spiro atoms. The topological polar surface area (TPSA) is 52.6 Å². The normalized spacial score (nSPS) is 25.8. The van der Waals surface area contributed by atoms with Gasteiger partial charge < -0.3 is 15.3 Å². The predicted molar refractivity (Wildman–Crippen MR) is 93.0 cm³/mol. The van der Waals surface area contributed by atoms with Crippen molar-refractivity contribution >= 4 is 5.91 Å². The molecule has 4 atom stereocenters. The molecule has 2 rings (SSSR count). The van der Waals surface area contributed by atoms with E-state index >= 15 is 0 Å². The first-order valence-electron chi connectivity index (χ1n) is 8.70. The molecule has 1 saturated heterocycles. The van der Waals surface area contributed by atoms with Crippen LogP contribution in [-0.4, -0.2) is 41.6 Å². The molecular formula is C19H29FN2O2. The molecule has 0 aliphatic carbocycles. The predicted octanol–water partition coefficient (Wildman–Crippen LogP) is 2.52. The molecule has 0 unspecified atom stereocenters. The molecule has 1 aromatic carbocycles. The standard InChI is InChI=1S/C19H29FN2O2/c1-13-8-14(2)11-22(10-13)12-15(3)21-18(23)19(4,24)16-6-5-7-17(20)9-16/h5-7,9,13-15,24H,8,10-12H2,1-4H3,(H,21,23)/t13-,14+,15-,19+/m0/s1. The first-order valence-corrected chi connectivity index (χ1v) is 8.70. The number of likely N-dealkylation sites (tertiary alicyclic amines) is 1. The Labute approximate surface area is 144 Å². The summed E-state index contributed by atoms with van der Waals surface area (Å²) in [4.78, 5) is 14.8. The molecular weight excluding hydrogens is 307 g/mol. The Morgan fingerprint density at radius 3 is 2.62 bits per heavy atom. The molecule has 5 heteroatoms. The van der Waals surface area contributed by atoms with E-state index in [4.69, 9.17) is 0 Å². The van der Waals surface area contributed by atoms with E-state index in [-0.39, 0.29) is 11.6 Å². The average Bonchev–Trinajstić information content (AvgIpc) is 2.45. The van der Waals surface area contributed by atoms with E-state index in [1.54, 1.807) is 6.07 Å². The number of nitrogens with zero attached hydrogens (tertiary/aromatic N) is 1. The minimum atomic E-state index is -1.75. The summed E-state index contributed by atoms with van der Waals surface area (Å²) in [5.74, 6) is 0.350. The lowest BCUT2D eigenvalue weighted by molar-refractivity contribution is -0.139. The van der Waals surface area contributed by atoms with Crippen molar-refractivity contribution in [2.24, 2.45) is 11.8 Å². The van der Waals surface area contributed by atoms with Crippen molar-refractivity contribution in [2.75, 3.05) is 19.6 Å². The summed E-state index contributed by atoms with van der Waals surface area (Å²) in [6.45, 7) is 10.6. The van der Waals surface area contributed by atoms with Gasteiger partial charge in [-0.2, -0.15) is 0 Å². The molecule has 1 aliphatic rings. The van der Waals surface area contributed by atoms with Gasteiger partial charge in [-0.05, 0) is 49.8 Å². The van der Waals surface area contributed by atoms with Crippen molar-refractivity contribution in [3.05, 3.63) is 35.6 Å². The van der Waals surface area contributed by atoms with Crippen LogP contribution in [0.4, 0.5) is 4.39 Å². The highest BCUT2D eigenvalue weighted by Crippen LogP contribution is 2.23. The van der Waals surface area contributed by atoms with E-state index in [2.05, 4.69) is 24.1 Å². The number of hydrogen-bond donors (Lipinski definition) is 2. The van der Waals surface area contributed by atoms with Crippen molar-refractivity contribution in [3.8, 4) is 0 Å². The molecule has 24 heavy (non-hydrogen) atoms. The summed E-state index contributed by atoms with van der Waals surface area (Å²) < 4.78 is 13.4. The lowest BCUT2D eigenvalue weighted by Crippen LogP contribution is -2.51. The maximum atomic E-state index is 13.4. The smallest absolute Gasteiger partial charge is 0.256 e. The monoisotopic (exact) mass is 336 g/mol. The van der Waals surface area contributed by atoms with Gasteiger partial charge in [0, 0.05) is 25.7 Å². The Hall–Kier alpha value is -1.46. The quantitative estimate of drug-likeness (QED) is 0.869. The first-order chi connectivity index (χ1) is 11.2. The Morgan fingerprint density at radius 2 is 2.04 bits per heavy atom. The summed E-state index contributed by atoms with van der Waals surface area (Å²) in [6.07, 6.45) is 1.24. The van der Waals surface area contributed by atoms with E-state index in [1.807, 2.05) is 6.92 Å². The Morgan fingerprint density at radius 1 is 1.42 bits per heavy atom. The number of nitrogens with one attached hydrogen (secondary N) is 1. The molecule has 0 aromatic heterocycles. The lowest BCUT2D eigenvalue weighted by atomic mass is 9.91. The number of carbonyl (C=O) groups is 1. The number of hydrogen-bond acceptors (Lipinski definition) is 3. The number of rotatable bonds is 5. The Balaban J connectivity index is 1.95. The van der Waals surface area contributed by atoms with Crippen molar-refractivity contribution in [1.29, 1.82) is 0 Å². The highest BCUT2D eigenvalue weighted by molar-refractivity contribution is 5.86. The van der Waals surface area contributed by atoms with E-state index in [9.17, 15) is 14.3 Å². The van der Waals surface area contributed by atoms with Crippen LogP contribution in [0.1, 0.15) is 39.7 Å². The zero-order valence-electron chi connectivity index (χ0n) is 15.1. The molecule has 1 amide bonds.